The van der Waals surface area contributed by atoms with E-state index >= 15 is 0 Å². The van der Waals surface area contributed by atoms with Crippen molar-refractivity contribution < 1.29 is 0 Å². The molecule has 0 aliphatic heterocycles. The van der Waals surface area contributed by atoms with Gasteiger partial charge in [-0.2, -0.15) is 0 Å². The standard InChI is InChI=1S/C14H22/c1-6-14(5,7-2)13-9-8-12(10-13)11(3)4/h8-10H,6-7H2,1-5H3. The van der Waals surface area contributed by atoms with E-state index in [9.17, 15) is 0 Å². The molecule has 0 saturated heterocycles. The van der Waals surface area contributed by atoms with Gasteiger partial charge in [-0.1, -0.05) is 44.6 Å². The van der Waals surface area contributed by atoms with E-state index in [-0.39, 0.29) is 0 Å². The van der Waals surface area contributed by atoms with Crippen molar-refractivity contribution in [1.82, 2.24) is 0 Å². The van der Waals surface area contributed by atoms with E-state index in [4.69, 9.17) is 0 Å². The molecule has 0 radical (unpaired) electrons. The first kappa shape index (κ1) is 11.3. The maximum atomic E-state index is 2.36. The molecule has 0 aromatic rings. The fourth-order valence-corrected chi connectivity index (χ4v) is 1.79. The van der Waals surface area contributed by atoms with Gasteiger partial charge in [-0.25, -0.2) is 0 Å². The smallest absolute Gasteiger partial charge is 0.00803 e. The summed E-state index contributed by atoms with van der Waals surface area (Å²) in [5.74, 6) is 0. The highest BCUT2D eigenvalue weighted by molar-refractivity contribution is 5.49. The van der Waals surface area contributed by atoms with Crippen LogP contribution in [0, 0.1) is 5.41 Å². The predicted octanol–water partition coefficient (Wildman–Crippen LogP) is 4.65. The third-order valence-electron chi connectivity index (χ3n) is 3.59. The summed E-state index contributed by atoms with van der Waals surface area (Å²) >= 11 is 0. The molecule has 1 aliphatic rings. The number of allylic oxidation sites excluding steroid dienone is 6. The van der Waals surface area contributed by atoms with Crippen molar-refractivity contribution in [2.24, 2.45) is 5.41 Å². The zero-order valence-corrected chi connectivity index (χ0v) is 10.1. The van der Waals surface area contributed by atoms with Crippen LogP contribution in [0.5, 0.6) is 0 Å². The predicted molar refractivity (Wildman–Crippen MR) is 64.3 cm³/mol. The fraction of sp³-hybridized carbons (Fsp3) is 0.571. The number of hydrogen-bond donors (Lipinski definition) is 0. The Morgan fingerprint density at radius 1 is 1.14 bits per heavy atom. The largest absolute Gasteiger partial charge is 0.0692 e. The third-order valence-corrected chi connectivity index (χ3v) is 3.59. The van der Waals surface area contributed by atoms with E-state index in [1.807, 2.05) is 0 Å². The highest BCUT2D eigenvalue weighted by Crippen LogP contribution is 2.38. The van der Waals surface area contributed by atoms with Crippen molar-refractivity contribution in [1.29, 1.82) is 0 Å². The Hall–Kier alpha value is -0.780. The highest BCUT2D eigenvalue weighted by atomic mass is 14.3. The summed E-state index contributed by atoms with van der Waals surface area (Å²) in [6, 6.07) is 0. The molecule has 0 unspecified atom stereocenters. The van der Waals surface area contributed by atoms with E-state index in [0.717, 1.165) is 0 Å². The molecule has 0 N–H and O–H groups in total. The highest BCUT2D eigenvalue weighted by Gasteiger charge is 2.24. The molecule has 0 saturated carbocycles. The zero-order valence-electron chi connectivity index (χ0n) is 10.1. The minimum atomic E-state index is 0.369. The Morgan fingerprint density at radius 2 is 1.71 bits per heavy atom. The Labute approximate surface area is 88.4 Å². The van der Waals surface area contributed by atoms with E-state index in [0.29, 0.717) is 5.41 Å². The summed E-state index contributed by atoms with van der Waals surface area (Å²) in [7, 11) is 0. The average Bonchev–Trinajstić information content (AvgIpc) is 2.66. The van der Waals surface area contributed by atoms with Crippen LogP contribution in [0.3, 0.4) is 0 Å². The second kappa shape index (κ2) is 4.16. The van der Waals surface area contributed by atoms with Gasteiger partial charge in [0.1, 0.15) is 0 Å². The molecule has 0 atom stereocenters. The Balaban J connectivity index is 2.99. The van der Waals surface area contributed by atoms with Crippen LogP contribution in [-0.4, -0.2) is 0 Å². The first-order chi connectivity index (χ1) is 6.53. The maximum Gasteiger partial charge on any atom is -0.00803 e. The SMILES string of the molecule is CCC(C)(CC)C1=CC(=C(C)C)C=C1. The molecule has 1 aliphatic carbocycles. The lowest BCUT2D eigenvalue weighted by Gasteiger charge is -2.27. The van der Waals surface area contributed by atoms with Crippen LogP contribution < -0.4 is 0 Å². The van der Waals surface area contributed by atoms with Gasteiger partial charge in [0, 0.05) is 0 Å². The van der Waals surface area contributed by atoms with Gasteiger partial charge in [0.2, 0.25) is 0 Å². The molecule has 0 heterocycles. The molecule has 0 nitrogen and oxygen atoms in total. The minimum absolute atomic E-state index is 0.369. The van der Waals surface area contributed by atoms with Crippen molar-refractivity contribution >= 4 is 0 Å². The summed E-state index contributed by atoms with van der Waals surface area (Å²) in [5, 5.41) is 0. The van der Waals surface area contributed by atoms with Gasteiger partial charge in [0.15, 0.2) is 0 Å². The first-order valence-corrected chi connectivity index (χ1v) is 5.61. The van der Waals surface area contributed by atoms with Gasteiger partial charge in [0.25, 0.3) is 0 Å². The summed E-state index contributed by atoms with van der Waals surface area (Å²) in [5.41, 5.74) is 4.67. The van der Waals surface area contributed by atoms with Gasteiger partial charge < -0.3 is 0 Å². The molecule has 0 spiro atoms. The van der Waals surface area contributed by atoms with Gasteiger partial charge >= 0.3 is 0 Å². The Kier molecular flexibility index (Phi) is 3.36. The quantitative estimate of drug-likeness (QED) is 0.608. The molecule has 0 bridgehead atoms. The van der Waals surface area contributed by atoms with Crippen molar-refractivity contribution in [3.63, 3.8) is 0 Å². The lowest BCUT2D eigenvalue weighted by Crippen LogP contribution is -2.15. The second-order valence-corrected chi connectivity index (χ2v) is 4.66. The number of rotatable bonds is 3. The number of hydrogen-bond acceptors (Lipinski definition) is 0. The van der Waals surface area contributed by atoms with Crippen LogP contribution in [0.25, 0.3) is 0 Å². The average molecular weight is 190 g/mol. The van der Waals surface area contributed by atoms with Gasteiger partial charge in [0.05, 0.1) is 0 Å². The van der Waals surface area contributed by atoms with Crippen molar-refractivity contribution in [2.45, 2.75) is 47.5 Å². The molecule has 0 aromatic heterocycles. The van der Waals surface area contributed by atoms with Crippen molar-refractivity contribution in [3.05, 3.63) is 34.9 Å². The van der Waals surface area contributed by atoms with Gasteiger partial charge in [-0.15, -0.1) is 0 Å². The molecule has 1 rings (SSSR count). The van der Waals surface area contributed by atoms with Crippen LogP contribution >= 0.6 is 0 Å². The molecule has 78 valence electrons. The minimum Gasteiger partial charge on any atom is -0.0692 e. The topological polar surface area (TPSA) is 0 Å². The summed E-state index contributed by atoms with van der Waals surface area (Å²) in [6.07, 6.45) is 9.32. The van der Waals surface area contributed by atoms with Crippen molar-refractivity contribution in [2.75, 3.05) is 0 Å². The normalized spacial score (nSPS) is 16.1. The van der Waals surface area contributed by atoms with E-state index < -0.39 is 0 Å². The van der Waals surface area contributed by atoms with Crippen LogP contribution in [0.4, 0.5) is 0 Å². The van der Waals surface area contributed by atoms with Gasteiger partial charge in [-0.05, 0) is 43.3 Å². The van der Waals surface area contributed by atoms with Crippen LogP contribution in [0.1, 0.15) is 47.5 Å². The van der Waals surface area contributed by atoms with E-state index in [1.165, 1.54) is 29.6 Å². The lowest BCUT2D eigenvalue weighted by molar-refractivity contribution is 0.377. The van der Waals surface area contributed by atoms with E-state index in [2.05, 4.69) is 52.8 Å². The van der Waals surface area contributed by atoms with Crippen LogP contribution in [0.15, 0.2) is 34.9 Å². The Morgan fingerprint density at radius 3 is 2.07 bits per heavy atom. The fourth-order valence-electron chi connectivity index (χ4n) is 1.79. The van der Waals surface area contributed by atoms with Crippen LogP contribution in [-0.2, 0) is 0 Å². The summed E-state index contributed by atoms with van der Waals surface area (Å²) in [4.78, 5) is 0. The molecule has 0 fully saturated rings. The molecule has 14 heavy (non-hydrogen) atoms. The molecular formula is C14H22. The monoisotopic (exact) mass is 190 g/mol. The third kappa shape index (κ3) is 2.00. The summed E-state index contributed by atoms with van der Waals surface area (Å²) in [6.45, 7) is 11.3. The first-order valence-electron chi connectivity index (χ1n) is 5.61. The summed E-state index contributed by atoms with van der Waals surface area (Å²) < 4.78 is 0. The second-order valence-electron chi connectivity index (χ2n) is 4.66. The van der Waals surface area contributed by atoms with Crippen LogP contribution in [0.2, 0.25) is 0 Å². The lowest BCUT2D eigenvalue weighted by atomic mass is 9.78. The zero-order chi connectivity index (χ0) is 10.8. The van der Waals surface area contributed by atoms with Gasteiger partial charge in [-0.3, -0.25) is 0 Å². The molecular weight excluding hydrogens is 168 g/mol. The molecule has 0 aromatic carbocycles. The Bertz CT molecular complexity index is 292. The molecule has 0 amide bonds. The van der Waals surface area contributed by atoms with E-state index in [1.54, 1.807) is 0 Å². The van der Waals surface area contributed by atoms with Crippen molar-refractivity contribution in [3.8, 4) is 0 Å². The maximum absolute atomic E-state index is 2.36. The molecule has 0 heteroatoms.